The molecule has 0 heterocycles. The fourth-order valence-electron chi connectivity index (χ4n) is 2.19. The fourth-order valence-corrected chi connectivity index (χ4v) is 2.19. The summed E-state index contributed by atoms with van der Waals surface area (Å²) in [5.74, 6) is -1.19. The third kappa shape index (κ3) is 4.63. The first-order valence-corrected chi connectivity index (χ1v) is 7.47. The van der Waals surface area contributed by atoms with Crippen LogP contribution in [0.25, 0.3) is 0 Å². The van der Waals surface area contributed by atoms with Gasteiger partial charge in [0.05, 0.1) is 7.11 Å². The molecule has 0 atom stereocenters. The van der Waals surface area contributed by atoms with E-state index in [4.69, 9.17) is 9.47 Å². The number of nitrogens with zero attached hydrogens (tertiary/aromatic N) is 1. The van der Waals surface area contributed by atoms with Crippen LogP contribution in [-0.4, -0.2) is 47.8 Å². The number of methoxy groups -OCH3 is 1. The normalized spacial score (nSPS) is 10.2. The van der Waals surface area contributed by atoms with Gasteiger partial charge in [-0.25, -0.2) is 4.79 Å². The van der Waals surface area contributed by atoms with Crippen molar-refractivity contribution in [1.82, 2.24) is 4.90 Å². The number of rotatable bonds is 6. The highest BCUT2D eigenvalue weighted by atomic mass is 16.5. The summed E-state index contributed by atoms with van der Waals surface area (Å²) < 4.78 is 10.2. The Bertz CT molecular complexity index is 774. The molecule has 25 heavy (non-hydrogen) atoms. The number of esters is 1. The molecule has 0 bridgehead atoms. The van der Waals surface area contributed by atoms with Crippen molar-refractivity contribution in [3.05, 3.63) is 53.6 Å². The Hall–Kier alpha value is -3.22. The van der Waals surface area contributed by atoms with Crippen molar-refractivity contribution in [3.63, 3.8) is 0 Å². The number of phenolic OH excluding ortho intramolecular Hbond substituents is 2. The Morgan fingerprint density at radius 2 is 1.84 bits per heavy atom. The van der Waals surface area contributed by atoms with Gasteiger partial charge in [-0.2, -0.15) is 0 Å². The van der Waals surface area contributed by atoms with Gasteiger partial charge in [0.2, 0.25) is 0 Å². The van der Waals surface area contributed by atoms with Gasteiger partial charge in [-0.3, -0.25) is 4.79 Å². The van der Waals surface area contributed by atoms with Gasteiger partial charge < -0.3 is 24.6 Å². The van der Waals surface area contributed by atoms with Crippen LogP contribution in [0.5, 0.6) is 17.2 Å². The van der Waals surface area contributed by atoms with Crippen molar-refractivity contribution in [3.8, 4) is 17.2 Å². The largest absolute Gasteiger partial charge is 0.508 e. The van der Waals surface area contributed by atoms with E-state index < -0.39 is 24.2 Å². The van der Waals surface area contributed by atoms with Crippen LogP contribution in [0.3, 0.4) is 0 Å². The first kappa shape index (κ1) is 18.1. The smallest absolute Gasteiger partial charge is 0.342 e. The van der Waals surface area contributed by atoms with Gasteiger partial charge in [0.15, 0.2) is 6.61 Å². The predicted octanol–water partition coefficient (Wildman–Crippen LogP) is 1.92. The van der Waals surface area contributed by atoms with Crippen LogP contribution in [0.1, 0.15) is 15.9 Å². The maximum atomic E-state index is 12.1. The zero-order valence-corrected chi connectivity index (χ0v) is 13.9. The standard InChI is InChI=1S/C18H19NO6/c1-19(10-12-5-3-4-6-16(12)24-2)17(22)11-25-18(23)14-8-7-13(20)9-15(14)21/h3-9,20-21H,10-11H2,1-2H3. The van der Waals surface area contributed by atoms with Gasteiger partial charge in [0.25, 0.3) is 5.91 Å². The molecular weight excluding hydrogens is 326 g/mol. The molecule has 0 fully saturated rings. The lowest BCUT2D eigenvalue weighted by Crippen LogP contribution is -2.31. The summed E-state index contributed by atoms with van der Waals surface area (Å²) in [6.45, 7) is -0.171. The molecule has 0 aromatic heterocycles. The van der Waals surface area contributed by atoms with E-state index in [1.165, 1.54) is 17.0 Å². The fraction of sp³-hybridized carbons (Fsp3) is 0.222. The molecule has 2 N–H and O–H groups in total. The van der Waals surface area contributed by atoms with E-state index >= 15 is 0 Å². The van der Waals surface area contributed by atoms with Crippen molar-refractivity contribution in [2.24, 2.45) is 0 Å². The molecular formula is C18H19NO6. The molecule has 0 aliphatic rings. The zero-order chi connectivity index (χ0) is 18.4. The van der Waals surface area contributed by atoms with Crippen molar-refractivity contribution < 1.29 is 29.3 Å². The van der Waals surface area contributed by atoms with E-state index in [1.807, 2.05) is 18.2 Å². The second kappa shape index (κ2) is 8.05. The van der Waals surface area contributed by atoms with E-state index in [-0.39, 0.29) is 11.3 Å². The summed E-state index contributed by atoms with van der Waals surface area (Å²) in [5.41, 5.74) is 0.696. The first-order chi connectivity index (χ1) is 11.9. The van der Waals surface area contributed by atoms with Crippen LogP contribution in [-0.2, 0) is 16.1 Å². The van der Waals surface area contributed by atoms with Gasteiger partial charge in [0.1, 0.15) is 22.8 Å². The third-order valence-electron chi connectivity index (χ3n) is 3.55. The average Bonchev–Trinajstić information content (AvgIpc) is 2.59. The van der Waals surface area contributed by atoms with E-state index in [9.17, 15) is 19.8 Å². The van der Waals surface area contributed by atoms with Crippen LogP contribution in [0.2, 0.25) is 0 Å². The predicted molar refractivity (Wildman–Crippen MR) is 89.5 cm³/mol. The zero-order valence-electron chi connectivity index (χ0n) is 13.9. The SMILES string of the molecule is COc1ccccc1CN(C)C(=O)COC(=O)c1ccc(O)cc1O. The Kier molecular flexibility index (Phi) is 5.84. The van der Waals surface area contributed by atoms with Crippen molar-refractivity contribution in [1.29, 1.82) is 0 Å². The number of hydrogen-bond donors (Lipinski definition) is 2. The summed E-state index contributed by atoms with van der Waals surface area (Å²) in [6, 6.07) is 10.8. The Labute approximate surface area is 145 Å². The van der Waals surface area contributed by atoms with Crippen LogP contribution in [0.4, 0.5) is 0 Å². The Morgan fingerprint density at radius 1 is 1.12 bits per heavy atom. The van der Waals surface area contributed by atoms with Crippen molar-refractivity contribution >= 4 is 11.9 Å². The number of para-hydroxylation sites is 1. The van der Waals surface area contributed by atoms with E-state index in [1.54, 1.807) is 20.2 Å². The topological polar surface area (TPSA) is 96.3 Å². The maximum Gasteiger partial charge on any atom is 0.342 e. The number of amides is 1. The number of hydrogen-bond acceptors (Lipinski definition) is 6. The second-order valence-corrected chi connectivity index (χ2v) is 5.34. The average molecular weight is 345 g/mol. The summed E-state index contributed by atoms with van der Waals surface area (Å²) >= 11 is 0. The lowest BCUT2D eigenvalue weighted by Gasteiger charge is -2.18. The minimum absolute atomic E-state index is 0.127. The number of likely N-dealkylation sites (N-methyl/N-ethyl adjacent to an activating group) is 1. The molecule has 2 rings (SSSR count). The van der Waals surface area contributed by atoms with E-state index in [0.717, 1.165) is 11.6 Å². The summed E-state index contributed by atoms with van der Waals surface area (Å²) in [4.78, 5) is 25.4. The lowest BCUT2D eigenvalue weighted by molar-refractivity contribution is -0.133. The first-order valence-electron chi connectivity index (χ1n) is 7.47. The maximum absolute atomic E-state index is 12.1. The van der Waals surface area contributed by atoms with E-state index in [2.05, 4.69) is 0 Å². The molecule has 7 heteroatoms. The molecule has 0 aliphatic heterocycles. The summed E-state index contributed by atoms with van der Waals surface area (Å²) in [5, 5.41) is 18.8. The molecule has 7 nitrogen and oxygen atoms in total. The van der Waals surface area contributed by atoms with Crippen molar-refractivity contribution in [2.75, 3.05) is 20.8 Å². The molecule has 0 saturated carbocycles. The Balaban J connectivity index is 1.94. The highest BCUT2D eigenvalue weighted by Crippen LogP contribution is 2.23. The molecule has 0 unspecified atom stereocenters. The molecule has 2 aromatic carbocycles. The number of phenols is 2. The van der Waals surface area contributed by atoms with E-state index in [0.29, 0.717) is 12.3 Å². The molecule has 0 saturated heterocycles. The lowest BCUT2D eigenvalue weighted by atomic mass is 10.2. The van der Waals surface area contributed by atoms with Gasteiger partial charge >= 0.3 is 5.97 Å². The van der Waals surface area contributed by atoms with Crippen LogP contribution >= 0.6 is 0 Å². The number of carbonyl (C=O) groups excluding carboxylic acids is 2. The van der Waals surface area contributed by atoms with Gasteiger partial charge in [-0.1, -0.05) is 18.2 Å². The highest BCUT2D eigenvalue weighted by Gasteiger charge is 2.17. The molecule has 1 amide bonds. The highest BCUT2D eigenvalue weighted by molar-refractivity contribution is 5.94. The van der Waals surface area contributed by atoms with Gasteiger partial charge in [0, 0.05) is 25.2 Å². The molecule has 132 valence electrons. The summed E-state index contributed by atoms with van der Waals surface area (Å²) in [6.07, 6.45) is 0. The second-order valence-electron chi connectivity index (χ2n) is 5.34. The molecule has 0 spiro atoms. The quantitative estimate of drug-likeness (QED) is 0.777. The van der Waals surface area contributed by atoms with Crippen molar-refractivity contribution in [2.45, 2.75) is 6.54 Å². The minimum Gasteiger partial charge on any atom is -0.508 e. The number of ether oxygens (including phenoxy) is 2. The molecule has 0 radical (unpaired) electrons. The van der Waals surface area contributed by atoms with Gasteiger partial charge in [-0.15, -0.1) is 0 Å². The minimum atomic E-state index is -0.850. The number of carbonyl (C=O) groups is 2. The third-order valence-corrected chi connectivity index (χ3v) is 3.55. The van der Waals surface area contributed by atoms with Crippen LogP contribution in [0.15, 0.2) is 42.5 Å². The van der Waals surface area contributed by atoms with Crippen LogP contribution < -0.4 is 4.74 Å². The van der Waals surface area contributed by atoms with Gasteiger partial charge in [-0.05, 0) is 18.2 Å². The summed E-state index contributed by atoms with van der Waals surface area (Å²) in [7, 11) is 3.13. The molecule has 0 aliphatic carbocycles. The van der Waals surface area contributed by atoms with Crippen LogP contribution in [0, 0.1) is 0 Å². The molecule has 2 aromatic rings. The monoisotopic (exact) mass is 345 g/mol. The number of benzene rings is 2. The Morgan fingerprint density at radius 3 is 2.52 bits per heavy atom. The number of aromatic hydroxyl groups is 2.